The second-order valence-corrected chi connectivity index (χ2v) is 15.1. The lowest BCUT2D eigenvalue weighted by atomic mass is 9.95. The number of rotatable bonds is 17. The van der Waals surface area contributed by atoms with E-state index in [1.54, 1.807) is 23.0 Å². The van der Waals surface area contributed by atoms with Crippen LogP contribution in [0.2, 0.25) is 0 Å². The second kappa shape index (κ2) is 18.4. The van der Waals surface area contributed by atoms with Gasteiger partial charge >= 0.3 is 6.09 Å². The van der Waals surface area contributed by atoms with E-state index in [4.69, 9.17) is 9.72 Å². The molecule has 1 fully saturated rings. The lowest BCUT2D eigenvalue weighted by Crippen LogP contribution is -2.50. The molecular formula is C37H48N6O4S2. The molecule has 0 spiro atoms. The number of nitrogens with zero attached hydrogens (tertiary/aromatic N) is 4. The van der Waals surface area contributed by atoms with Gasteiger partial charge in [0.15, 0.2) is 0 Å². The van der Waals surface area contributed by atoms with E-state index in [0.717, 1.165) is 26.7 Å². The fourth-order valence-electron chi connectivity index (χ4n) is 6.21. The number of hydrogen-bond donors (Lipinski definition) is 3. The molecular weight excluding hydrogens is 657 g/mol. The molecule has 10 nitrogen and oxygen atoms in total. The average Bonchev–Trinajstić information content (AvgIpc) is 3.85. The molecule has 4 unspecified atom stereocenters. The predicted octanol–water partition coefficient (Wildman–Crippen LogP) is 5.59. The number of aromatic nitrogens is 2. The van der Waals surface area contributed by atoms with Crippen LogP contribution in [0.15, 0.2) is 77.8 Å². The first kappa shape index (κ1) is 36.6. The van der Waals surface area contributed by atoms with Crippen LogP contribution in [0.5, 0.6) is 0 Å². The van der Waals surface area contributed by atoms with E-state index in [9.17, 15) is 14.7 Å². The Hall–Kier alpha value is -3.68. The Labute approximate surface area is 297 Å². The first-order valence-electron chi connectivity index (χ1n) is 17.0. The van der Waals surface area contributed by atoms with Crippen molar-refractivity contribution >= 4 is 34.7 Å². The Morgan fingerprint density at radius 1 is 1.00 bits per heavy atom. The maximum Gasteiger partial charge on any atom is 0.407 e. The first-order chi connectivity index (χ1) is 23.7. The summed E-state index contributed by atoms with van der Waals surface area (Å²) in [5.74, 6) is 0.306. The molecule has 2 aromatic heterocycles. The highest BCUT2D eigenvalue weighted by Gasteiger charge is 2.37. The molecule has 262 valence electrons. The van der Waals surface area contributed by atoms with Gasteiger partial charge in [-0.05, 0) is 50.3 Å². The van der Waals surface area contributed by atoms with Gasteiger partial charge < -0.3 is 20.5 Å². The van der Waals surface area contributed by atoms with Crippen LogP contribution >= 0.6 is 22.7 Å². The predicted molar refractivity (Wildman–Crippen MR) is 194 cm³/mol. The average molecular weight is 705 g/mol. The highest BCUT2D eigenvalue weighted by molar-refractivity contribution is 7.09. The van der Waals surface area contributed by atoms with Crippen molar-refractivity contribution in [2.24, 2.45) is 0 Å². The smallest absolute Gasteiger partial charge is 0.407 e. The summed E-state index contributed by atoms with van der Waals surface area (Å²) in [6.07, 6.45) is 3.60. The van der Waals surface area contributed by atoms with Gasteiger partial charge in [-0.3, -0.25) is 19.6 Å². The summed E-state index contributed by atoms with van der Waals surface area (Å²) in [6.45, 7) is 6.11. The second-order valence-electron chi connectivity index (χ2n) is 13.2. The molecule has 1 aliphatic heterocycles. The molecule has 0 radical (unpaired) electrons. The number of thiazole rings is 2. The molecule has 4 atom stereocenters. The summed E-state index contributed by atoms with van der Waals surface area (Å²) in [4.78, 5) is 40.7. The molecule has 49 heavy (non-hydrogen) atoms. The van der Waals surface area contributed by atoms with Crippen molar-refractivity contribution in [3.63, 3.8) is 0 Å². The molecule has 0 saturated carbocycles. The number of amides is 2. The number of ether oxygens (including phenoxy) is 1. The van der Waals surface area contributed by atoms with Crippen molar-refractivity contribution in [1.82, 2.24) is 30.4 Å². The van der Waals surface area contributed by atoms with Crippen molar-refractivity contribution in [3.05, 3.63) is 104 Å². The van der Waals surface area contributed by atoms with Crippen molar-refractivity contribution in [2.45, 2.75) is 89.3 Å². The minimum absolute atomic E-state index is 0.0850. The maximum atomic E-state index is 13.9. The minimum atomic E-state index is -0.570. The molecule has 1 aliphatic rings. The Morgan fingerprint density at radius 3 is 2.24 bits per heavy atom. The van der Waals surface area contributed by atoms with E-state index in [-0.39, 0.29) is 24.6 Å². The van der Waals surface area contributed by atoms with Gasteiger partial charge in [0.1, 0.15) is 6.61 Å². The zero-order valence-electron chi connectivity index (χ0n) is 28.5. The lowest BCUT2D eigenvalue weighted by molar-refractivity contribution is -0.127. The topological polar surface area (TPSA) is 120 Å². The molecule has 2 aromatic carbocycles. The zero-order chi connectivity index (χ0) is 34.6. The fraction of sp³-hybridized carbons (Fsp3) is 0.459. The van der Waals surface area contributed by atoms with Crippen LogP contribution in [0.25, 0.3) is 0 Å². The number of alkyl carbamates (subject to hydrolysis) is 1. The first-order valence-corrected chi connectivity index (χ1v) is 18.7. The maximum absolute atomic E-state index is 13.9. The normalized spacial score (nSPS) is 17.7. The van der Waals surface area contributed by atoms with Gasteiger partial charge in [0.25, 0.3) is 0 Å². The number of β-amino-alcohol motifs (C(OH)–C–C–N with tert-alkyl or cyclic N) is 1. The van der Waals surface area contributed by atoms with Crippen LogP contribution in [0.4, 0.5) is 4.79 Å². The Morgan fingerprint density at radius 2 is 1.65 bits per heavy atom. The number of benzene rings is 2. The van der Waals surface area contributed by atoms with E-state index >= 15 is 0 Å². The lowest BCUT2D eigenvalue weighted by Gasteiger charge is -2.30. The van der Waals surface area contributed by atoms with E-state index in [0.29, 0.717) is 57.8 Å². The number of hydrogen-bond acceptors (Lipinski definition) is 10. The molecule has 0 aliphatic carbocycles. The Bertz CT molecular complexity index is 1570. The summed E-state index contributed by atoms with van der Waals surface area (Å²) < 4.78 is 5.51. The number of aliphatic hydroxyl groups is 1. The molecule has 3 N–H and O–H groups in total. The van der Waals surface area contributed by atoms with E-state index in [1.165, 1.54) is 11.3 Å². The van der Waals surface area contributed by atoms with Gasteiger partial charge in [-0.2, -0.15) is 0 Å². The van der Waals surface area contributed by atoms with Gasteiger partial charge in [0.2, 0.25) is 5.91 Å². The van der Waals surface area contributed by atoms with E-state index < -0.39 is 18.2 Å². The van der Waals surface area contributed by atoms with E-state index in [2.05, 4.69) is 68.9 Å². The van der Waals surface area contributed by atoms with Crippen LogP contribution < -0.4 is 10.6 Å². The summed E-state index contributed by atoms with van der Waals surface area (Å²) in [5.41, 5.74) is 4.96. The standard InChI is InChI=1S/C37H48N6O4S2/c1-26(2)36-40-31(23-48-36)20-42(3)25-43-21-32(44)18-34(43)35(45)39-29(16-27-10-6-4-7-11-27)14-15-30(17-28-12-8-5-9-13-28)41-37(46)47-22-33-19-38-24-49-33/h4-13,19,23-24,26,29-30,32,34,44H,14-18,20-22,25H2,1-3H3,(H,39,45)(H,41,46). The summed E-state index contributed by atoms with van der Waals surface area (Å²) in [7, 11) is 2.02. The van der Waals surface area contributed by atoms with Gasteiger partial charge in [-0.1, -0.05) is 74.5 Å². The third-order valence-electron chi connectivity index (χ3n) is 8.61. The molecule has 12 heteroatoms. The molecule has 3 heterocycles. The number of aliphatic hydroxyl groups excluding tert-OH is 1. The summed E-state index contributed by atoms with van der Waals surface area (Å²) in [6, 6.07) is 19.4. The third kappa shape index (κ3) is 11.7. The third-order valence-corrected chi connectivity index (χ3v) is 10.6. The SMILES string of the molecule is CC(C)c1nc(CN(C)CN2CC(O)CC2C(=O)NC(CCC(Cc2ccccc2)NC(=O)OCc2cncs2)Cc2ccccc2)cs1. The van der Waals surface area contributed by atoms with Crippen LogP contribution in [0.1, 0.15) is 65.7 Å². The Balaban J connectivity index is 1.23. The summed E-state index contributed by atoms with van der Waals surface area (Å²) in [5, 5.41) is 20.3. The van der Waals surface area contributed by atoms with Crippen molar-refractivity contribution in [3.8, 4) is 0 Å². The largest absolute Gasteiger partial charge is 0.444 e. The van der Waals surface area contributed by atoms with Gasteiger partial charge in [-0.15, -0.1) is 22.7 Å². The molecule has 5 rings (SSSR count). The number of carbonyl (C=O) groups excluding carboxylic acids is 2. The van der Waals surface area contributed by atoms with Crippen molar-refractivity contribution in [1.29, 1.82) is 0 Å². The number of carbonyl (C=O) groups is 2. The van der Waals surface area contributed by atoms with Crippen molar-refractivity contribution in [2.75, 3.05) is 20.3 Å². The molecule has 4 aromatic rings. The van der Waals surface area contributed by atoms with Crippen LogP contribution in [0.3, 0.4) is 0 Å². The molecule has 1 saturated heterocycles. The van der Waals surface area contributed by atoms with Crippen molar-refractivity contribution < 1.29 is 19.4 Å². The van der Waals surface area contributed by atoms with Gasteiger partial charge in [0.05, 0.1) is 39.9 Å². The van der Waals surface area contributed by atoms with Gasteiger partial charge in [0, 0.05) is 42.7 Å². The van der Waals surface area contributed by atoms with Gasteiger partial charge in [-0.25, -0.2) is 9.78 Å². The fourth-order valence-corrected chi connectivity index (χ4v) is 7.54. The summed E-state index contributed by atoms with van der Waals surface area (Å²) >= 11 is 3.12. The quantitative estimate of drug-likeness (QED) is 0.130. The molecule has 0 bridgehead atoms. The monoisotopic (exact) mass is 704 g/mol. The minimum Gasteiger partial charge on any atom is -0.444 e. The number of likely N-dealkylation sites (tertiary alicyclic amines) is 1. The molecule has 2 amide bonds. The highest BCUT2D eigenvalue weighted by atomic mass is 32.1. The van der Waals surface area contributed by atoms with Crippen LogP contribution in [-0.2, 0) is 35.5 Å². The van der Waals surface area contributed by atoms with Crippen LogP contribution in [0, 0.1) is 0 Å². The zero-order valence-corrected chi connectivity index (χ0v) is 30.2. The number of nitrogens with one attached hydrogen (secondary N) is 2. The highest BCUT2D eigenvalue weighted by Crippen LogP contribution is 2.23. The van der Waals surface area contributed by atoms with E-state index in [1.807, 2.05) is 43.4 Å². The Kier molecular flexibility index (Phi) is 13.7. The van der Waals surface area contributed by atoms with Crippen LogP contribution in [-0.4, -0.2) is 81.4 Å².